The summed E-state index contributed by atoms with van der Waals surface area (Å²) in [6.07, 6.45) is 2.02. The number of sulfonamides is 1. The molecular formula is C16H23FN2O3S. The SMILES string of the molecule is CCCCS(=O)(=O)N1CCCN(C(=O)c2ccccc2F)CC1. The minimum Gasteiger partial charge on any atom is -0.337 e. The molecule has 0 atom stereocenters. The molecule has 0 aliphatic carbocycles. The van der Waals surface area contributed by atoms with Gasteiger partial charge in [0.2, 0.25) is 10.0 Å². The van der Waals surface area contributed by atoms with Crippen LogP contribution in [0, 0.1) is 5.82 Å². The fraction of sp³-hybridized carbons (Fsp3) is 0.562. The first-order valence-corrected chi connectivity index (χ1v) is 9.58. The molecule has 2 rings (SSSR count). The predicted molar refractivity (Wildman–Crippen MR) is 87.2 cm³/mol. The van der Waals surface area contributed by atoms with E-state index in [0.717, 1.165) is 6.42 Å². The summed E-state index contributed by atoms with van der Waals surface area (Å²) in [5.74, 6) is -0.782. The first-order valence-electron chi connectivity index (χ1n) is 7.97. The number of benzene rings is 1. The molecule has 1 saturated heterocycles. The molecule has 0 bridgehead atoms. The molecule has 0 unspecified atom stereocenters. The standard InChI is InChI=1S/C16H23FN2O3S/c1-2-3-13-23(21,22)19-10-6-9-18(11-12-19)16(20)14-7-4-5-8-15(14)17/h4-5,7-8H,2-3,6,9-13H2,1H3. The predicted octanol–water partition coefficient (Wildman–Crippen LogP) is 2.10. The number of carbonyl (C=O) groups excluding carboxylic acids is 1. The topological polar surface area (TPSA) is 57.7 Å². The highest BCUT2D eigenvalue weighted by Crippen LogP contribution is 2.15. The van der Waals surface area contributed by atoms with Gasteiger partial charge in [0.05, 0.1) is 11.3 Å². The highest BCUT2D eigenvalue weighted by atomic mass is 32.2. The molecule has 128 valence electrons. The van der Waals surface area contributed by atoms with Gasteiger partial charge in [-0.3, -0.25) is 4.79 Å². The summed E-state index contributed by atoms with van der Waals surface area (Å²) in [6, 6.07) is 5.87. The molecule has 5 nitrogen and oxygen atoms in total. The summed E-state index contributed by atoms with van der Waals surface area (Å²) in [5, 5.41) is 0. The summed E-state index contributed by atoms with van der Waals surface area (Å²) in [4.78, 5) is 14.0. The number of carbonyl (C=O) groups is 1. The summed E-state index contributed by atoms with van der Waals surface area (Å²) in [5.41, 5.74) is 0.0368. The van der Waals surface area contributed by atoms with Gasteiger partial charge >= 0.3 is 0 Å². The minimum absolute atomic E-state index is 0.0368. The van der Waals surface area contributed by atoms with Crippen molar-refractivity contribution in [3.8, 4) is 0 Å². The Balaban J connectivity index is 2.04. The maximum absolute atomic E-state index is 13.7. The Morgan fingerprint density at radius 2 is 1.91 bits per heavy atom. The molecule has 1 aromatic carbocycles. The van der Waals surface area contributed by atoms with Crippen molar-refractivity contribution in [3.05, 3.63) is 35.6 Å². The number of amides is 1. The third kappa shape index (κ3) is 4.51. The lowest BCUT2D eigenvalue weighted by molar-refractivity contribution is 0.0759. The van der Waals surface area contributed by atoms with Crippen LogP contribution in [-0.2, 0) is 10.0 Å². The van der Waals surface area contributed by atoms with E-state index in [-0.39, 0.29) is 23.8 Å². The molecule has 1 amide bonds. The highest BCUT2D eigenvalue weighted by molar-refractivity contribution is 7.89. The summed E-state index contributed by atoms with van der Waals surface area (Å²) >= 11 is 0. The van der Waals surface area contributed by atoms with Gasteiger partial charge in [0, 0.05) is 26.2 Å². The van der Waals surface area contributed by atoms with E-state index in [0.29, 0.717) is 32.5 Å². The van der Waals surface area contributed by atoms with Crippen molar-refractivity contribution in [2.45, 2.75) is 26.2 Å². The van der Waals surface area contributed by atoms with Crippen LogP contribution in [0.4, 0.5) is 4.39 Å². The lowest BCUT2D eigenvalue weighted by Crippen LogP contribution is -2.38. The molecule has 1 aliphatic rings. The average molecular weight is 342 g/mol. The summed E-state index contributed by atoms with van der Waals surface area (Å²) in [6.45, 7) is 3.36. The molecule has 1 aliphatic heterocycles. The van der Waals surface area contributed by atoms with Gasteiger partial charge in [-0.1, -0.05) is 25.5 Å². The van der Waals surface area contributed by atoms with Crippen molar-refractivity contribution in [2.75, 3.05) is 31.9 Å². The monoisotopic (exact) mass is 342 g/mol. The van der Waals surface area contributed by atoms with Gasteiger partial charge in [0.1, 0.15) is 5.82 Å². The molecule has 0 N–H and O–H groups in total. The van der Waals surface area contributed by atoms with Gasteiger partial charge in [-0.05, 0) is 25.0 Å². The Kier molecular flexibility index (Phi) is 6.12. The lowest BCUT2D eigenvalue weighted by Gasteiger charge is -2.22. The molecule has 0 saturated carbocycles. The van der Waals surface area contributed by atoms with Gasteiger partial charge in [-0.15, -0.1) is 0 Å². The van der Waals surface area contributed by atoms with Gasteiger partial charge < -0.3 is 4.90 Å². The van der Waals surface area contributed by atoms with Crippen molar-refractivity contribution in [3.63, 3.8) is 0 Å². The number of halogens is 1. The average Bonchev–Trinajstić information content (AvgIpc) is 2.79. The largest absolute Gasteiger partial charge is 0.337 e. The number of hydrogen-bond acceptors (Lipinski definition) is 3. The normalized spacial score (nSPS) is 17.0. The van der Waals surface area contributed by atoms with Crippen LogP contribution in [0.15, 0.2) is 24.3 Å². The number of nitrogens with zero attached hydrogens (tertiary/aromatic N) is 2. The van der Waals surface area contributed by atoms with Crippen LogP contribution in [0.2, 0.25) is 0 Å². The molecule has 7 heteroatoms. The molecule has 1 aromatic rings. The van der Waals surface area contributed by atoms with E-state index in [2.05, 4.69) is 0 Å². The lowest BCUT2D eigenvalue weighted by atomic mass is 10.2. The van der Waals surface area contributed by atoms with Gasteiger partial charge in [0.25, 0.3) is 5.91 Å². The van der Waals surface area contributed by atoms with Crippen molar-refractivity contribution in [1.82, 2.24) is 9.21 Å². The van der Waals surface area contributed by atoms with Gasteiger partial charge in [0.15, 0.2) is 0 Å². The van der Waals surface area contributed by atoms with Crippen LogP contribution in [0.1, 0.15) is 36.5 Å². The Morgan fingerprint density at radius 3 is 2.61 bits per heavy atom. The van der Waals surface area contributed by atoms with Crippen LogP contribution >= 0.6 is 0 Å². The van der Waals surface area contributed by atoms with E-state index in [1.807, 2.05) is 6.92 Å². The Hall–Kier alpha value is -1.47. The Bertz CT molecular complexity index is 648. The van der Waals surface area contributed by atoms with E-state index in [1.54, 1.807) is 6.07 Å². The van der Waals surface area contributed by atoms with E-state index in [4.69, 9.17) is 0 Å². The maximum Gasteiger partial charge on any atom is 0.256 e. The Morgan fingerprint density at radius 1 is 1.17 bits per heavy atom. The molecular weight excluding hydrogens is 319 g/mol. The number of hydrogen-bond donors (Lipinski definition) is 0. The summed E-state index contributed by atoms with van der Waals surface area (Å²) in [7, 11) is -3.27. The van der Waals surface area contributed by atoms with E-state index >= 15 is 0 Å². The molecule has 0 radical (unpaired) electrons. The van der Waals surface area contributed by atoms with E-state index < -0.39 is 15.8 Å². The smallest absolute Gasteiger partial charge is 0.256 e. The number of rotatable bonds is 5. The molecule has 23 heavy (non-hydrogen) atoms. The van der Waals surface area contributed by atoms with Crippen molar-refractivity contribution < 1.29 is 17.6 Å². The number of unbranched alkanes of at least 4 members (excludes halogenated alkanes) is 1. The highest BCUT2D eigenvalue weighted by Gasteiger charge is 2.27. The first-order chi connectivity index (χ1) is 11.0. The van der Waals surface area contributed by atoms with Crippen LogP contribution in [0.3, 0.4) is 0 Å². The fourth-order valence-corrected chi connectivity index (χ4v) is 4.31. The quantitative estimate of drug-likeness (QED) is 0.823. The zero-order chi connectivity index (χ0) is 16.9. The van der Waals surface area contributed by atoms with Crippen LogP contribution in [0.5, 0.6) is 0 Å². The fourth-order valence-electron chi connectivity index (χ4n) is 2.64. The zero-order valence-corrected chi connectivity index (χ0v) is 14.2. The van der Waals surface area contributed by atoms with Crippen molar-refractivity contribution in [1.29, 1.82) is 0 Å². The van der Waals surface area contributed by atoms with Gasteiger partial charge in [-0.25, -0.2) is 17.1 Å². The summed E-state index contributed by atoms with van der Waals surface area (Å²) < 4.78 is 39.7. The Labute approximate surface area is 137 Å². The molecule has 0 aromatic heterocycles. The van der Waals surface area contributed by atoms with Crippen LogP contribution in [-0.4, -0.2) is 55.5 Å². The van der Waals surface area contributed by atoms with Crippen molar-refractivity contribution >= 4 is 15.9 Å². The zero-order valence-electron chi connectivity index (χ0n) is 13.4. The minimum atomic E-state index is -3.27. The maximum atomic E-state index is 13.7. The van der Waals surface area contributed by atoms with Crippen LogP contribution < -0.4 is 0 Å². The second-order valence-corrected chi connectivity index (χ2v) is 7.78. The second-order valence-electron chi connectivity index (χ2n) is 5.69. The first kappa shape index (κ1) is 17.9. The van der Waals surface area contributed by atoms with E-state index in [9.17, 15) is 17.6 Å². The van der Waals surface area contributed by atoms with Crippen molar-refractivity contribution in [2.24, 2.45) is 0 Å². The van der Waals surface area contributed by atoms with Gasteiger partial charge in [-0.2, -0.15) is 0 Å². The second kappa shape index (κ2) is 7.88. The third-order valence-corrected chi connectivity index (χ3v) is 5.95. The molecule has 1 fully saturated rings. The third-order valence-electron chi connectivity index (χ3n) is 4.00. The van der Waals surface area contributed by atoms with Crippen LogP contribution in [0.25, 0.3) is 0 Å². The molecule has 1 heterocycles. The molecule has 0 spiro atoms. The van der Waals surface area contributed by atoms with E-state index in [1.165, 1.54) is 27.4 Å².